The SMILES string of the molecule is CC(C)(C)c1ccc(N2c3ccccc3N(c3ccc(C(C)(C)C)cc3)c3nc4nc5ccccc5nc4nc32)cc1. The highest BCUT2D eigenvalue weighted by atomic mass is 15.3. The number of hydrogen-bond donors (Lipinski definition) is 0. The summed E-state index contributed by atoms with van der Waals surface area (Å²) < 4.78 is 0. The minimum atomic E-state index is 0.0545. The Balaban J connectivity index is 1.49. The van der Waals surface area contributed by atoms with Crippen LogP contribution in [0.1, 0.15) is 52.7 Å². The van der Waals surface area contributed by atoms with Gasteiger partial charge < -0.3 is 0 Å². The molecule has 0 aliphatic carbocycles. The lowest BCUT2D eigenvalue weighted by atomic mass is 9.87. The van der Waals surface area contributed by atoms with E-state index in [1.54, 1.807) is 0 Å². The molecule has 0 amide bonds. The molecule has 2 aromatic heterocycles. The zero-order valence-electron chi connectivity index (χ0n) is 24.9. The lowest BCUT2D eigenvalue weighted by Crippen LogP contribution is -2.26. The summed E-state index contributed by atoms with van der Waals surface area (Å²) in [5.41, 5.74) is 9.38. The number of fused-ring (bicyclic) bond motifs is 4. The first-order valence-electron chi connectivity index (χ1n) is 14.4. The highest BCUT2D eigenvalue weighted by molar-refractivity contribution is 6.00. The summed E-state index contributed by atoms with van der Waals surface area (Å²) in [4.78, 5) is 24.5. The van der Waals surface area contributed by atoms with E-state index in [-0.39, 0.29) is 10.8 Å². The van der Waals surface area contributed by atoms with E-state index in [0.29, 0.717) is 22.9 Å². The fraction of sp³-hybridized carbons (Fsp3) is 0.222. The van der Waals surface area contributed by atoms with Crippen LogP contribution in [0.15, 0.2) is 97.1 Å². The van der Waals surface area contributed by atoms with Gasteiger partial charge >= 0.3 is 0 Å². The molecule has 6 aromatic rings. The van der Waals surface area contributed by atoms with Gasteiger partial charge in [-0.3, -0.25) is 9.80 Å². The van der Waals surface area contributed by atoms with Crippen molar-refractivity contribution >= 4 is 56.7 Å². The van der Waals surface area contributed by atoms with Crippen LogP contribution < -0.4 is 9.80 Å². The van der Waals surface area contributed by atoms with Crippen molar-refractivity contribution in [3.63, 3.8) is 0 Å². The first-order valence-corrected chi connectivity index (χ1v) is 14.4. The first-order chi connectivity index (χ1) is 20.1. The highest BCUT2D eigenvalue weighted by Gasteiger charge is 2.34. The van der Waals surface area contributed by atoms with Gasteiger partial charge in [0.25, 0.3) is 0 Å². The third-order valence-corrected chi connectivity index (χ3v) is 7.93. The van der Waals surface area contributed by atoms with E-state index in [0.717, 1.165) is 33.8 Å². The van der Waals surface area contributed by atoms with Crippen molar-refractivity contribution in [3.05, 3.63) is 108 Å². The normalized spacial score (nSPS) is 13.4. The number of rotatable bonds is 2. The Morgan fingerprint density at radius 1 is 0.429 bits per heavy atom. The number of anilines is 6. The molecular formula is C36H34N6. The lowest BCUT2D eigenvalue weighted by molar-refractivity contribution is 0.590. The van der Waals surface area contributed by atoms with Crippen LogP contribution in [-0.4, -0.2) is 19.9 Å². The molecule has 0 unspecified atom stereocenters. The maximum atomic E-state index is 5.17. The minimum Gasteiger partial charge on any atom is -0.290 e. The Bertz CT molecular complexity index is 1810. The summed E-state index contributed by atoms with van der Waals surface area (Å²) in [6.07, 6.45) is 0. The second kappa shape index (κ2) is 9.35. The number of para-hydroxylation sites is 4. The van der Waals surface area contributed by atoms with Crippen molar-refractivity contribution < 1.29 is 0 Å². The van der Waals surface area contributed by atoms with Crippen LogP contribution in [0.2, 0.25) is 0 Å². The number of nitrogens with zero attached hydrogens (tertiary/aromatic N) is 6. The van der Waals surface area contributed by atoms with Crippen molar-refractivity contribution in [2.75, 3.05) is 9.80 Å². The van der Waals surface area contributed by atoms with E-state index < -0.39 is 0 Å². The van der Waals surface area contributed by atoms with Crippen molar-refractivity contribution in [1.29, 1.82) is 0 Å². The zero-order chi connectivity index (χ0) is 29.2. The Hall–Kier alpha value is -4.84. The van der Waals surface area contributed by atoms with Crippen molar-refractivity contribution in [1.82, 2.24) is 19.9 Å². The third-order valence-electron chi connectivity index (χ3n) is 7.93. The summed E-state index contributed by atoms with van der Waals surface area (Å²) in [5.74, 6) is 1.43. The second-order valence-corrected chi connectivity index (χ2v) is 13.0. The maximum absolute atomic E-state index is 5.17. The van der Waals surface area contributed by atoms with E-state index >= 15 is 0 Å². The summed E-state index contributed by atoms with van der Waals surface area (Å²) >= 11 is 0. The molecular weight excluding hydrogens is 516 g/mol. The van der Waals surface area contributed by atoms with Crippen molar-refractivity contribution in [2.24, 2.45) is 0 Å². The van der Waals surface area contributed by atoms with Crippen LogP contribution in [0.5, 0.6) is 0 Å². The van der Waals surface area contributed by atoms with E-state index in [2.05, 4.69) is 124 Å². The van der Waals surface area contributed by atoms with Crippen molar-refractivity contribution in [3.8, 4) is 0 Å². The Morgan fingerprint density at radius 3 is 1.14 bits per heavy atom. The molecule has 208 valence electrons. The molecule has 0 radical (unpaired) electrons. The Labute approximate surface area is 246 Å². The van der Waals surface area contributed by atoms with Gasteiger partial charge in [0, 0.05) is 11.4 Å². The predicted octanol–water partition coefficient (Wildman–Crippen LogP) is 9.42. The second-order valence-electron chi connectivity index (χ2n) is 13.0. The maximum Gasteiger partial charge on any atom is 0.200 e. The van der Waals surface area contributed by atoms with Gasteiger partial charge in [-0.05, 0) is 70.5 Å². The van der Waals surface area contributed by atoms with Crippen LogP contribution in [0.4, 0.5) is 34.4 Å². The average molecular weight is 551 g/mol. The van der Waals surface area contributed by atoms with Gasteiger partial charge in [-0.1, -0.05) is 90.1 Å². The zero-order valence-corrected chi connectivity index (χ0v) is 24.9. The highest BCUT2D eigenvalue weighted by Crippen LogP contribution is 2.53. The standard InChI is InChI=1S/C36H34N6/c1-35(2,3)23-15-19-25(20-16-23)41-29-13-9-10-14-30(29)42(26-21-17-24(18-22-26)36(4,5)6)34-33(41)39-31-32(40-34)38-28-12-8-7-11-27(28)37-31/h7-22H,1-6H3. The van der Waals surface area contributed by atoms with Crippen LogP contribution in [0, 0.1) is 0 Å². The van der Waals surface area contributed by atoms with E-state index in [1.807, 2.05) is 24.3 Å². The largest absolute Gasteiger partial charge is 0.290 e. The molecule has 0 spiro atoms. The number of aromatic nitrogens is 4. The van der Waals surface area contributed by atoms with Gasteiger partial charge in [-0.15, -0.1) is 0 Å². The lowest BCUT2D eigenvalue weighted by Gasteiger charge is -2.38. The summed E-state index contributed by atoms with van der Waals surface area (Å²) in [6.45, 7) is 13.4. The average Bonchev–Trinajstić information content (AvgIpc) is 2.97. The van der Waals surface area contributed by atoms with Crippen LogP contribution in [-0.2, 0) is 10.8 Å². The fourth-order valence-corrected chi connectivity index (χ4v) is 5.55. The van der Waals surface area contributed by atoms with Gasteiger partial charge in [0.1, 0.15) is 0 Å². The third kappa shape index (κ3) is 4.35. The predicted molar refractivity (Wildman–Crippen MR) is 173 cm³/mol. The monoisotopic (exact) mass is 550 g/mol. The molecule has 0 saturated carbocycles. The summed E-state index contributed by atoms with van der Waals surface area (Å²) in [6, 6.07) is 33.8. The van der Waals surface area contributed by atoms with Crippen LogP contribution in [0.25, 0.3) is 22.3 Å². The molecule has 1 aliphatic heterocycles. The van der Waals surface area contributed by atoms with Crippen LogP contribution in [0.3, 0.4) is 0 Å². The Morgan fingerprint density at radius 2 is 0.786 bits per heavy atom. The molecule has 0 saturated heterocycles. The smallest absolute Gasteiger partial charge is 0.200 e. The van der Waals surface area contributed by atoms with E-state index in [4.69, 9.17) is 19.9 Å². The fourth-order valence-electron chi connectivity index (χ4n) is 5.55. The van der Waals surface area contributed by atoms with Crippen molar-refractivity contribution in [2.45, 2.75) is 52.4 Å². The topological polar surface area (TPSA) is 58.0 Å². The molecule has 1 aliphatic rings. The molecule has 0 atom stereocenters. The van der Waals surface area contributed by atoms with E-state index in [9.17, 15) is 0 Å². The molecule has 0 bridgehead atoms. The van der Waals surface area contributed by atoms with Crippen LogP contribution >= 0.6 is 0 Å². The summed E-state index contributed by atoms with van der Waals surface area (Å²) in [5, 5.41) is 0. The molecule has 6 nitrogen and oxygen atoms in total. The van der Waals surface area contributed by atoms with Gasteiger partial charge in [-0.25, -0.2) is 19.9 Å². The number of hydrogen-bond acceptors (Lipinski definition) is 6. The molecule has 6 heteroatoms. The molecule has 3 heterocycles. The number of benzene rings is 4. The Kier molecular flexibility index (Phi) is 5.80. The molecule has 4 aromatic carbocycles. The van der Waals surface area contributed by atoms with Gasteiger partial charge in [-0.2, -0.15) is 0 Å². The molecule has 42 heavy (non-hydrogen) atoms. The first kappa shape index (κ1) is 26.1. The van der Waals surface area contributed by atoms with Gasteiger partial charge in [0.05, 0.1) is 22.4 Å². The van der Waals surface area contributed by atoms with E-state index in [1.165, 1.54) is 11.1 Å². The molecule has 7 rings (SSSR count). The van der Waals surface area contributed by atoms with Gasteiger partial charge in [0.15, 0.2) is 11.6 Å². The molecule has 0 fully saturated rings. The molecule has 0 N–H and O–H groups in total. The van der Waals surface area contributed by atoms with Gasteiger partial charge in [0.2, 0.25) is 11.3 Å². The summed E-state index contributed by atoms with van der Waals surface area (Å²) in [7, 11) is 0. The minimum absolute atomic E-state index is 0.0545. The quantitative estimate of drug-likeness (QED) is 0.200.